The molecule has 2 aliphatic heterocycles. The van der Waals surface area contributed by atoms with Gasteiger partial charge in [0.2, 0.25) is 0 Å². The van der Waals surface area contributed by atoms with Crippen molar-refractivity contribution in [3.63, 3.8) is 0 Å². The lowest BCUT2D eigenvalue weighted by molar-refractivity contribution is -0.149. The standard InChI is InChI=1S/C13H19BrO.C12H17BrO.C12H15Br.C11H12BrClO2.C11H16BrNO.C11H13BrO2.C11H11BrO2.C8H7BrO2.C3H6BrCl/c1-3-11(5-4-10-15-2)12-6-8-13(14)9-7-12;1-2-10(4-3-9-14)11-5-7-12(13)8-6-11;13-12-8-6-11(7-9-12)10-4-2-1-3-5-10;12-9-5-3-8(4-6-9)10(11(14)15)2-1-7-13;12-11-5-3-9(4-6-11)10(8-13)2-1-7-14;2*12-9-5-3-8(4-6-9)10-2-1-7-14-11(10)13;9-7-3-1-6(2-4-7)5-8(10)11;4-2-1-3-5/h6-9,11H,3-5,10H2,1-2H3;5-8,10,14H,2-4,9H2,1H3;6-10H,1-5H2;3-6,10H,1-2,7H2,(H,14,15);3-6,10,14H,1-2,7-8,13H2;3-6,10-11,13H,1-2,7H2;3-6,10H,1-2,7H2;1-4H,5H2,(H,10,11);1-3H2/t11-;10-;;;10-;;;;/m00..1..../s1. The van der Waals surface area contributed by atoms with Crippen LogP contribution in [-0.2, 0) is 35.0 Å². The SMILES string of the molecule is Brc1ccc(C2CCCCC2)cc1.CC[C@@H](CCCO)c1ccc(Br)cc1.CC[C@@H](CCCOC)c1ccc(Br)cc1.ClCCCBr.NC[C@@H](CCCO)c1ccc(Br)cc1.O=C(O)C(CCCCl)c1ccc(Br)cc1.O=C(O)Cc1ccc(Br)cc1.O=C1OCCCC1c1ccc(Br)cc1.OC1OCCCC1c1ccc(Br)cc1. The van der Waals surface area contributed by atoms with Gasteiger partial charge in [-0.05, 0) is 281 Å². The minimum Gasteiger partial charge on any atom is -0.481 e. The average molecular weight is 2200 g/mol. The maximum absolute atomic E-state index is 11.4. The number of hydrogen-bond donors (Lipinski definition) is 6. The van der Waals surface area contributed by atoms with Crippen molar-refractivity contribution < 1.29 is 54.1 Å². The molecular weight excluding hydrogens is 2090 g/mol. The lowest BCUT2D eigenvalue weighted by atomic mass is 9.84. The van der Waals surface area contributed by atoms with Crippen molar-refractivity contribution in [2.45, 2.75) is 196 Å². The number of methoxy groups -OCH3 is 1. The van der Waals surface area contributed by atoms with Crippen LogP contribution >= 0.6 is 167 Å². The molecular formula is C92H116Br9Cl2NO11. The molecule has 7 atom stereocenters. The molecule has 12 nitrogen and oxygen atoms in total. The zero-order valence-electron chi connectivity index (χ0n) is 66.2. The molecule has 3 fully saturated rings. The maximum atomic E-state index is 11.4. The molecule has 0 aromatic heterocycles. The van der Waals surface area contributed by atoms with Gasteiger partial charge in [-0.1, -0.05) is 274 Å². The predicted molar refractivity (Wildman–Crippen MR) is 508 cm³/mol. The molecule has 1 aliphatic carbocycles. The number of esters is 1. The Kier molecular flexibility index (Phi) is 60.4. The zero-order valence-corrected chi connectivity index (χ0v) is 82.0. The summed E-state index contributed by atoms with van der Waals surface area (Å²) in [7, 11) is 1.76. The first kappa shape index (κ1) is 106. The summed E-state index contributed by atoms with van der Waals surface area (Å²) in [6.45, 7) is 7.75. The van der Waals surface area contributed by atoms with Gasteiger partial charge in [-0.2, -0.15) is 0 Å². The number of aliphatic carboxylic acids is 2. The van der Waals surface area contributed by atoms with E-state index in [1.54, 1.807) is 19.2 Å². The van der Waals surface area contributed by atoms with Gasteiger partial charge in [0.25, 0.3) is 0 Å². The van der Waals surface area contributed by atoms with Gasteiger partial charge in [0, 0.05) is 92.3 Å². The van der Waals surface area contributed by atoms with Crippen molar-refractivity contribution in [3.05, 3.63) is 274 Å². The lowest BCUT2D eigenvalue weighted by Gasteiger charge is -2.28. The number of hydrogen-bond acceptors (Lipinski definition) is 10. The molecule has 7 N–H and O–H groups in total. The summed E-state index contributed by atoms with van der Waals surface area (Å²) in [4.78, 5) is 32.7. The largest absolute Gasteiger partial charge is 0.481 e. The average Bonchev–Trinajstić information content (AvgIpc) is 0.805. The van der Waals surface area contributed by atoms with Gasteiger partial charge in [-0.15, -0.1) is 23.2 Å². The number of carboxylic acids is 2. The number of aliphatic hydroxyl groups is 3. The first-order chi connectivity index (χ1) is 55.5. The molecule has 23 heteroatoms. The van der Waals surface area contributed by atoms with Crippen LogP contribution in [0.5, 0.6) is 0 Å². The van der Waals surface area contributed by atoms with Gasteiger partial charge < -0.3 is 45.5 Å². The molecule has 3 aliphatic rings. The summed E-state index contributed by atoms with van der Waals surface area (Å²) in [6.07, 6.45) is 21.2. The number of carbonyl (C=O) groups is 3. The van der Waals surface area contributed by atoms with Crippen LogP contribution in [0.25, 0.3) is 0 Å². The highest BCUT2D eigenvalue weighted by atomic mass is 79.9. The number of rotatable bonds is 28. The molecule has 115 heavy (non-hydrogen) atoms. The highest BCUT2D eigenvalue weighted by molar-refractivity contribution is 9.11. The third-order valence-electron chi connectivity index (χ3n) is 19.3. The molecule has 632 valence electrons. The second-order valence-corrected chi connectivity index (χ2v) is 36.6. The molecule has 0 spiro atoms. The third kappa shape index (κ3) is 46.6. The van der Waals surface area contributed by atoms with Crippen LogP contribution in [0.15, 0.2) is 230 Å². The van der Waals surface area contributed by atoms with Crippen molar-refractivity contribution in [2.75, 3.05) is 63.8 Å². The van der Waals surface area contributed by atoms with Crippen molar-refractivity contribution in [2.24, 2.45) is 5.73 Å². The van der Waals surface area contributed by atoms with Gasteiger partial charge in [-0.25, -0.2) is 0 Å². The molecule has 2 saturated heterocycles. The lowest BCUT2D eigenvalue weighted by Crippen LogP contribution is -2.27. The fraction of sp³-hybridized carbons (Fsp3) is 0.446. The van der Waals surface area contributed by atoms with Crippen molar-refractivity contribution in [1.82, 2.24) is 0 Å². The number of carboxylic acid groups (broad SMARTS) is 2. The second-order valence-electron chi connectivity index (χ2n) is 27.7. The topological polar surface area (TPSA) is 206 Å². The first-order valence-electron chi connectivity index (χ1n) is 39.5. The summed E-state index contributed by atoms with van der Waals surface area (Å²) in [6, 6.07) is 64.7. The molecule has 4 unspecified atom stereocenters. The van der Waals surface area contributed by atoms with Gasteiger partial charge in [-0.3, -0.25) is 14.4 Å². The van der Waals surface area contributed by atoms with Gasteiger partial charge in [0.05, 0.1) is 24.9 Å². The van der Waals surface area contributed by atoms with E-state index >= 15 is 0 Å². The van der Waals surface area contributed by atoms with E-state index in [0.29, 0.717) is 62.8 Å². The van der Waals surface area contributed by atoms with Crippen LogP contribution in [0.2, 0.25) is 0 Å². The Balaban J connectivity index is 0.000000337. The van der Waals surface area contributed by atoms with E-state index in [0.717, 1.165) is 148 Å². The minimum atomic E-state index is -0.799. The van der Waals surface area contributed by atoms with E-state index in [4.69, 9.17) is 63.6 Å². The number of halogens is 11. The second kappa shape index (κ2) is 65.5. The molecule has 0 bridgehead atoms. The fourth-order valence-corrected chi connectivity index (χ4v) is 15.9. The van der Waals surface area contributed by atoms with Crippen molar-refractivity contribution in [3.8, 4) is 0 Å². The Hall–Kier alpha value is -3.17. The predicted octanol–water partition coefficient (Wildman–Crippen LogP) is 28.1. The molecule has 0 amide bonds. The molecule has 2 heterocycles. The molecule has 11 rings (SSSR count). The van der Waals surface area contributed by atoms with Crippen LogP contribution in [0.4, 0.5) is 0 Å². The number of benzene rings is 8. The van der Waals surface area contributed by atoms with E-state index in [1.807, 2.05) is 97.1 Å². The van der Waals surface area contributed by atoms with Crippen molar-refractivity contribution in [1.29, 1.82) is 0 Å². The highest BCUT2D eigenvalue weighted by Gasteiger charge is 2.27. The Morgan fingerprint density at radius 3 is 1.24 bits per heavy atom. The zero-order chi connectivity index (χ0) is 84.6. The number of cyclic esters (lactones) is 1. The Morgan fingerprint density at radius 1 is 0.478 bits per heavy atom. The van der Waals surface area contributed by atoms with E-state index in [-0.39, 0.29) is 30.8 Å². The summed E-state index contributed by atoms with van der Waals surface area (Å²) >= 11 is 41.2. The van der Waals surface area contributed by atoms with E-state index in [9.17, 15) is 19.5 Å². The van der Waals surface area contributed by atoms with Crippen LogP contribution in [0, 0.1) is 0 Å². The van der Waals surface area contributed by atoms with Gasteiger partial charge in [0.15, 0.2) is 6.29 Å². The van der Waals surface area contributed by atoms with Gasteiger partial charge in [0.1, 0.15) is 0 Å². The summed E-state index contributed by atoms with van der Waals surface area (Å²) < 4.78 is 23.9. The number of aliphatic hydroxyl groups excluding tert-OH is 3. The van der Waals surface area contributed by atoms with Crippen LogP contribution in [0.3, 0.4) is 0 Å². The Labute approximate surface area is 770 Å². The smallest absolute Gasteiger partial charge is 0.313 e. The van der Waals surface area contributed by atoms with Crippen LogP contribution < -0.4 is 5.73 Å². The third-order valence-corrected chi connectivity index (χ3v) is 24.6. The highest BCUT2D eigenvalue weighted by Crippen LogP contribution is 2.35. The molecule has 1 saturated carbocycles. The van der Waals surface area contributed by atoms with Crippen LogP contribution in [-0.4, -0.2) is 114 Å². The summed E-state index contributed by atoms with van der Waals surface area (Å²) in [5.41, 5.74) is 15.2. The number of nitrogens with two attached hydrogens (primary N) is 1. The number of ether oxygens (including phenoxy) is 3. The quantitative estimate of drug-likeness (QED) is 0.0154. The maximum Gasteiger partial charge on any atom is 0.313 e. The van der Waals surface area contributed by atoms with Crippen molar-refractivity contribution >= 4 is 184 Å². The summed E-state index contributed by atoms with van der Waals surface area (Å²) in [5.74, 6) is 1.70. The number of alkyl halides is 3. The number of carbonyl (C=O) groups excluding carboxylic acids is 1. The van der Waals surface area contributed by atoms with Crippen LogP contribution in [0.1, 0.15) is 228 Å². The fourth-order valence-electron chi connectivity index (χ4n) is 12.9. The van der Waals surface area contributed by atoms with E-state index in [1.165, 1.54) is 71.7 Å². The minimum absolute atomic E-state index is 0.0585. The normalized spacial score (nSPS) is 15.8. The Morgan fingerprint density at radius 2 is 0.870 bits per heavy atom. The molecule has 8 aromatic rings. The first-order valence-corrected chi connectivity index (χ1v) is 48.0. The van der Waals surface area contributed by atoms with Gasteiger partial charge >= 0.3 is 17.9 Å². The Bertz CT molecular complexity index is 3740. The molecule has 0 radical (unpaired) electrons. The van der Waals surface area contributed by atoms with E-state index in [2.05, 4.69) is 242 Å². The molecule has 8 aromatic carbocycles. The summed E-state index contributed by atoms with van der Waals surface area (Å²) in [5, 5.41) is 45.7. The monoisotopic (exact) mass is 2190 g/mol. The van der Waals surface area contributed by atoms with E-state index < -0.39 is 24.1 Å².